The van der Waals surface area contributed by atoms with E-state index >= 15 is 0 Å². The highest BCUT2D eigenvalue weighted by molar-refractivity contribution is 5.99. The molecule has 0 N–H and O–H groups in total. The van der Waals surface area contributed by atoms with E-state index in [2.05, 4.69) is 0 Å². The molecule has 0 aliphatic heterocycles. The van der Waals surface area contributed by atoms with Gasteiger partial charge in [0, 0.05) is 17.5 Å². The normalized spacial score (nSPS) is 15.7. The van der Waals surface area contributed by atoms with Crippen LogP contribution in [-0.2, 0) is 6.42 Å². The summed E-state index contributed by atoms with van der Waals surface area (Å²) in [5.74, 6) is 1.14. The lowest BCUT2D eigenvalue weighted by Crippen LogP contribution is -2.05. The van der Waals surface area contributed by atoms with Crippen LogP contribution in [0.2, 0.25) is 0 Å². The average molecular weight is 204 g/mol. The summed E-state index contributed by atoms with van der Waals surface area (Å²) in [5.41, 5.74) is 3.10. The molecule has 80 valence electrons. The first-order chi connectivity index (χ1) is 7.24. The van der Waals surface area contributed by atoms with Gasteiger partial charge in [-0.2, -0.15) is 0 Å². The molecule has 1 aromatic rings. The first kappa shape index (κ1) is 10.2. The lowest BCUT2D eigenvalue weighted by atomic mass is 9.96. The molecule has 1 aromatic carbocycles. The number of carbonyl (C=O) groups excluding carboxylic acids is 1. The molecule has 0 unspecified atom stereocenters. The molecule has 15 heavy (non-hydrogen) atoms. The lowest BCUT2D eigenvalue weighted by Gasteiger charge is -2.12. The topological polar surface area (TPSA) is 26.3 Å². The number of benzene rings is 1. The molecular weight excluding hydrogens is 188 g/mol. The molecule has 0 radical (unpaired) electrons. The Hall–Kier alpha value is -1.31. The monoisotopic (exact) mass is 204 g/mol. The van der Waals surface area contributed by atoms with E-state index in [9.17, 15) is 4.79 Å². The Kier molecular flexibility index (Phi) is 2.76. The third-order valence-electron chi connectivity index (χ3n) is 3.06. The number of fused-ring (bicyclic) bond motifs is 1. The fraction of sp³-hybridized carbons (Fsp3) is 0.462. The Balaban J connectivity index is 2.60. The van der Waals surface area contributed by atoms with Crippen LogP contribution in [0, 0.1) is 6.92 Å². The highest BCUT2D eigenvalue weighted by atomic mass is 16.5. The van der Waals surface area contributed by atoms with Crippen LogP contribution in [0.1, 0.15) is 40.7 Å². The summed E-state index contributed by atoms with van der Waals surface area (Å²) in [6.07, 6.45) is 3.72. The lowest BCUT2D eigenvalue weighted by molar-refractivity contribution is 0.0981. The van der Waals surface area contributed by atoms with Crippen molar-refractivity contribution in [2.45, 2.75) is 32.6 Å². The van der Waals surface area contributed by atoms with Crippen LogP contribution in [-0.4, -0.2) is 12.9 Å². The van der Waals surface area contributed by atoms with Crippen LogP contribution < -0.4 is 4.74 Å². The van der Waals surface area contributed by atoms with E-state index in [1.165, 1.54) is 0 Å². The van der Waals surface area contributed by atoms with Gasteiger partial charge in [-0.15, -0.1) is 0 Å². The molecule has 2 rings (SSSR count). The molecule has 0 amide bonds. The molecule has 0 spiro atoms. The highest BCUT2D eigenvalue weighted by Gasteiger charge is 2.20. The number of hydrogen-bond acceptors (Lipinski definition) is 2. The summed E-state index contributed by atoms with van der Waals surface area (Å²) in [4.78, 5) is 11.9. The van der Waals surface area contributed by atoms with Gasteiger partial charge in [0.1, 0.15) is 5.75 Å². The zero-order chi connectivity index (χ0) is 10.8. The fourth-order valence-corrected chi connectivity index (χ4v) is 2.29. The Morgan fingerprint density at radius 1 is 1.20 bits per heavy atom. The molecule has 2 nitrogen and oxygen atoms in total. The number of rotatable bonds is 1. The van der Waals surface area contributed by atoms with E-state index in [1.807, 2.05) is 19.1 Å². The predicted octanol–water partition coefficient (Wildman–Crippen LogP) is 2.91. The van der Waals surface area contributed by atoms with Crippen molar-refractivity contribution in [3.05, 3.63) is 28.8 Å². The van der Waals surface area contributed by atoms with Gasteiger partial charge in [-0.05, 0) is 37.8 Å². The maximum atomic E-state index is 11.9. The van der Waals surface area contributed by atoms with E-state index in [-0.39, 0.29) is 5.78 Å². The third kappa shape index (κ3) is 1.76. The predicted molar refractivity (Wildman–Crippen MR) is 59.6 cm³/mol. The standard InChI is InChI=1S/C13H16O2/c1-9-7-8-12(15-2)10-5-3-4-6-11(14)13(9)10/h7-8H,3-6H2,1-2H3. The number of ether oxygens (including phenoxy) is 1. The van der Waals surface area contributed by atoms with E-state index in [0.717, 1.165) is 41.7 Å². The number of carbonyl (C=O) groups is 1. The van der Waals surface area contributed by atoms with Gasteiger partial charge in [-0.1, -0.05) is 6.07 Å². The Bertz CT molecular complexity index is 394. The van der Waals surface area contributed by atoms with Crippen LogP contribution in [0.5, 0.6) is 5.75 Å². The second-order valence-electron chi connectivity index (χ2n) is 4.07. The summed E-state index contributed by atoms with van der Waals surface area (Å²) >= 11 is 0. The van der Waals surface area contributed by atoms with Crippen LogP contribution in [0.25, 0.3) is 0 Å². The first-order valence-electron chi connectivity index (χ1n) is 5.43. The van der Waals surface area contributed by atoms with Gasteiger partial charge in [0.15, 0.2) is 5.78 Å². The van der Waals surface area contributed by atoms with Gasteiger partial charge in [0.2, 0.25) is 0 Å². The molecule has 0 heterocycles. The number of ketones is 1. The number of Topliss-reactive ketones (excluding diaryl/α,β-unsaturated/α-hetero) is 1. The van der Waals surface area contributed by atoms with E-state index in [0.29, 0.717) is 6.42 Å². The summed E-state index contributed by atoms with van der Waals surface area (Å²) in [7, 11) is 1.67. The van der Waals surface area contributed by atoms with E-state index in [4.69, 9.17) is 4.74 Å². The summed E-state index contributed by atoms with van der Waals surface area (Å²) in [5, 5.41) is 0. The van der Waals surface area contributed by atoms with E-state index < -0.39 is 0 Å². The van der Waals surface area contributed by atoms with Crippen molar-refractivity contribution in [1.82, 2.24) is 0 Å². The molecule has 0 fully saturated rings. The summed E-state index contributed by atoms with van der Waals surface area (Å²) in [6.45, 7) is 2.00. The minimum absolute atomic E-state index is 0.277. The average Bonchev–Trinajstić information content (AvgIpc) is 2.42. The molecule has 0 atom stereocenters. The van der Waals surface area contributed by atoms with Crippen molar-refractivity contribution in [1.29, 1.82) is 0 Å². The number of methoxy groups -OCH3 is 1. The number of aryl methyl sites for hydroxylation is 1. The Morgan fingerprint density at radius 3 is 2.67 bits per heavy atom. The van der Waals surface area contributed by atoms with Crippen molar-refractivity contribution >= 4 is 5.78 Å². The second kappa shape index (κ2) is 4.05. The van der Waals surface area contributed by atoms with Gasteiger partial charge in [-0.3, -0.25) is 4.79 Å². The van der Waals surface area contributed by atoms with Crippen molar-refractivity contribution in [2.75, 3.05) is 7.11 Å². The van der Waals surface area contributed by atoms with E-state index in [1.54, 1.807) is 7.11 Å². The van der Waals surface area contributed by atoms with Gasteiger partial charge in [0.25, 0.3) is 0 Å². The smallest absolute Gasteiger partial charge is 0.163 e. The quantitative estimate of drug-likeness (QED) is 0.657. The maximum absolute atomic E-state index is 11.9. The first-order valence-corrected chi connectivity index (χ1v) is 5.43. The molecule has 1 aliphatic rings. The van der Waals surface area contributed by atoms with Crippen LogP contribution in [0.15, 0.2) is 12.1 Å². The SMILES string of the molecule is COc1ccc(C)c2c1CCCCC2=O. The largest absolute Gasteiger partial charge is 0.496 e. The highest BCUT2D eigenvalue weighted by Crippen LogP contribution is 2.30. The van der Waals surface area contributed by atoms with Gasteiger partial charge in [-0.25, -0.2) is 0 Å². The molecule has 0 saturated carbocycles. The van der Waals surface area contributed by atoms with Gasteiger partial charge < -0.3 is 4.74 Å². The van der Waals surface area contributed by atoms with Crippen LogP contribution in [0.3, 0.4) is 0 Å². The van der Waals surface area contributed by atoms with Gasteiger partial charge in [0.05, 0.1) is 7.11 Å². The number of hydrogen-bond donors (Lipinski definition) is 0. The molecule has 2 heteroatoms. The molecule has 0 aromatic heterocycles. The fourth-order valence-electron chi connectivity index (χ4n) is 2.29. The Morgan fingerprint density at radius 2 is 1.93 bits per heavy atom. The zero-order valence-corrected chi connectivity index (χ0v) is 9.30. The molecule has 0 bridgehead atoms. The zero-order valence-electron chi connectivity index (χ0n) is 9.30. The van der Waals surface area contributed by atoms with Crippen molar-refractivity contribution in [3.8, 4) is 5.75 Å². The molecule has 0 saturated heterocycles. The third-order valence-corrected chi connectivity index (χ3v) is 3.06. The summed E-state index contributed by atoms with van der Waals surface area (Å²) in [6, 6.07) is 3.94. The molecule has 1 aliphatic carbocycles. The van der Waals surface area contributed by atoms with Gasteiger partial charge >= 0.3 is 0 Å². The van der Waals surface area contributed by atoms with Crippen molar-refractivity contribution in [3.63, 3.8) is 0 Å². The Labute approximate surface area is 90.3 Å². The van der Waals surface area contributed by atoms with Crippen LogP contribution in [0.4, 0.5) is 0 Å². The van der Waals surface area contributed by atoms with Crippen LogP contribution >= 0.6 is 0 Å². The maximum Gasteiger partial charge on any atom is 0.163 e. The van der Waals surface area contributed by atoms with Crippen molar-refractivity contribution in [2.24, 2.45) is 0 Å². The summed E-state index contributed by atoms with van der Waals surface area (Å²) < 4.78 is 5.32. The second-order valence-corrected chi connectivity index (χ2v) is 4.07. The molecular formula is C13H16O2. The van der Waals surface area contributed by atoms with Crippen molar-refractivity contribution < 1.29 is 9.53 Å². The minimum Gasteiger partial charge on any atom is -0.496 e. The minimum atomic E-state index is 0.277.